The molecular weight excluding hydrogens is 479 g/mol. The van der Waals surface area contributed by atoms with Gasteiger partial charge in [0.05, 0.1) is 23.8 Å². The minimum Gasteiger partial charge on any atom is -0.497 e. The highest BCUT2D eigenvalue weighted by atomic mass is 19.4. The number of rotatable bonds is 5. The van der Waals surface area contributed by atoms with Crippen LogP contribution < -0.4 is 10.1 Å². The van der Waals surface area contributed by atoms with E-state index < -0.39 is 41.6 Å². The Bertz CT molecular complexity index is 1320. The first-order valence-corrected chi connectivity index (χ1v) is 10.8. The third kappa shape index (κ3) is 4.88. The number of carbonyl (C=O) groups is 3. The molecule has 3 aromatic rings. The third-order valence-corrected chi connectivity index (χ3v) is 5.94. The lowest BCUT2D eigenvalue weighted by Crippen LogP contribution is -2.37. The van der Waals surface area contributed by atoms with Gasteiger partial charge in [-0.15, -0.1) is 0 Å². The molecule has 0 aliphatic carbocycles. The lowest BCUT2D eigenvalue weighted by atomic mass is 9.86. The van der Waals surface area contributed by atoms with E-state index in [-0.39, 0.29) is 28.8 Å². The van der Waals surface area contributed by atoms with Crippen molar-refractivity contribution in [1.29, 1.82) is 0 Å². The van der Waals surface area contributed by atoms with Gasteiger partial charge in [-0.25, -0.2) is 9.59 Å². The van der Waals surface area contributed by atoms with Crippen LogP contribution in [0.15, 0.2) is 66.7 Å². The van der Waals surface area contributed by atoms with E-state index in [1.807, 2.05) is 0 Å². The van der Waals surface area contributed by atoms with Crippen molar-refractivity contribution in [3.8, 4) is 5.75 Å². The molecule has 0 saturated heterocycles. The molecule has 7 nitrogen and oxygen atoms in total. The quantitative estimate of drug-likeness (QED) is 0.484. The normalized spacial score (nSPS) is 17.4. The number of esters is 1. The number of fused-ring (bicyclic) bond motifs is 1. The number of hydrogen-bond acceptors (Lipinski definition) is 5. The van der Waals surface area contributed by atoms with Gasteiger partial charge >= 0.3 is 18.1 Å². The van der Waals surface area contributed by atoms with E-state index in [2.05, 4.69) is 5.32 Å². The number of carboxylic acid groups (broad SMARTS) is 1. The zero-order valence-corrected chi connectivity index (χ0v) is 18.8. The molecule has 10 heteroatoms. The topological polar surface area (TPSA) is 102 Å². The van der Waals surface area contributed by atoms with Crippen molar-refractivity contribution in [3.05, 3.63) is 94.5 Å². The molecule has 0 saturated carbocycles. The maximum Gasteiger partial charge on any atom is 0.416 e. The second kappa shape index (κ2) is 9.73. The highest BCUT2D eigenvalue weighted by Crippen LogP contribution is 2.41. The molecule has 2 N–H and O–H groups in total. The Hall–Kier alpha value is -4.34. The smallest absolute Gasteiger partial charge is 0.416 e. The third-order valence-electron chi connectivity index (χ3n) is 5.94. The number of halogens is 3. The van der Waals surface area contributed by atoms with Crippen molar-refractivity contribution in [2.45, 2.75) is 24.6 Å². The van der Waals surface area contributed by atoms with Crippen molar-refractivity contribution in [3.63, 3.8) is 0 Å². The molecule has 0 bridgehead atoms. The van der Waals surface area contributed by atoms with Gasteiger partial charge in [-0.1, -0.05) is 30.3 Å². The maximum absolute atomic E-state index is 13.8. The van der Waals surface area contributed by atoms with Crippen LogP contribution in [0.3, 0.4) is 0 Å². The van der Waals surface area contributed by atoms with Crippen LogP contribution in [-0.4, -0.2) is 36.2 Å². The molecular formula is C26H20F3NO6. The number of amides is 1. The van der Waals surface area contributed by atoms with Crippen LogP contribution in [-0.2, 0) is 22.1 Å². The maximum atomic E-state index is 13.8. The Kier molecular flexibility index (Phi) is 6.69. The summed E-state index contributed by atoms with van der Waals surface area (Å²) >= 11 is 0. The van der Waals surface area contributed by atoms with E-state index in [1.54, 1.807) is 24.3 Å². The average Bonchev–Trinajstić information content (AvgIpc) is 2.99. The monoisotopic (exact) mass is 499 g/mol. The van der Waals surface area contributed by atoms with Crippen LogP contribution in [0.2, 0.25) is 0 Å². The fourth-order valence-electron chi connectivity index (χ4n) is 4.21. The predicted octanol–water partition coefficient (Wildman–Crippen LogP) is 4.92. The summed E-state index contributed by atoms with van der Waals surface area (Å²) in [5, 5.41) is 11.9. The van der Waals surface area contributed by atoms with Gasteiger partial charge in [-0.3, -0.25) is 4.79 Å². The molecule has 186 valence electrons. The van der Waals surface area contributed by atoms with Gasteiger partial charge in [0.25, 0.3) is 5.91 Å². The molecule has 3 aromatic carbocycles. The number of alkyl halides is 3. The minimum atomic E-state index is -4.68. The number of anilines is 1. The zero-order valence-electron chi connectivity index (χ0n) is 18.8. The van der Waals surface area contributed by atoms with Gasteiger partial charge in [-0.2, -0.15) is 13.2 Å². The summed E-state index contributed by atoms with van der Waals surface area (Å²) in [5.41, 5.74) is -1.30. The number of ether oxygens (including phenoxy) is 2. The summed E-state index contributed by atoms with van der Waals surface area (Å²) in [6.07, 6.45) is -6.52. The standard InChI is InChI=1S/C26H20F3NO6/c1-35-15-11-9-14(10-12-15)18-13-19-20(26(27,28)29)7-4-8-21(19)30-23(31)22(18)36-25(34)17-6-3-2-5-16(17)24(32)33/h2-12,18,22H,13H2,1H3,(H,30,31)(H,32,33)/t18-,22+/m1/s1. The summed E-state index contributed by atoms with van der Waals surface area (Å²) < 4.78 is 52.1. The molecule has 0 spiro atoms. The largest absolute Gasteiger partial charge is 0.497 e. The number of benzene rings is 3. The number of aromatic carboxylic acids is 1. The van der Waals surface area contributed by atoms with Gasteiger partial charge in [0.2, 0.25) is 0 Å². The van der Waals surface area contributed by atoms with E-state index in [4.69, 9.17) is 9.47 Å². The summed E-state index contributed by atoms with van der Waals surface area (Å²) in [6, 6.07) is 15.0. The van der Waals surface area contributed by atoms with Crippen LogP contribution in [0.4, 0.5) is 18.9 Å². The number of nitrogens with one attached hydrogen (secondary N) is 1. The lowest BCUT2D eigenvalue weighted by Gasteiger charge is -2.25. The Balaban J connectivity index is 1.80. The molecule has 0 fully saturated rings. The van der Waals surface area contributed by atoms with Gasteiger partial charge < -0.3 is 19.9 Å². The molecule has 1 amide bonds. The minimum absolute atomic E-state index is 0.0437. The second-order valence-corrected chi connectivity index (χ2v) is 8.08. The SMILES string of the molecule is COc1ccc([C@H]2Cc3c(cccc3C(F)(F)F)NC(=O)[C@H]2OC(=O)c2ccccc2C(=O)O)cc1. The second-order valence-electron chi connectivity index (χ2n) is 8.08. The predicted molar refractivity (Wildman–Crippen MR) is 122 cm³/mol. The number of methoxy groups -OCH3 is 1. The summed E-state index contributed by atoms with van der Waals surface area (Å²) in [5.74, 6) is -3.83. The van der Waals surface area contributed by atoms with Crippen molar-refractivity contribution in [2.75, 3.05) is 12.4 Å². The van der Waals surface area contributed by atoms with E-state index in [0.717, 1.165) is 6.07 Å². The Morgan fingerprint density at radius 1 is 0.972 bits per heavy atom. The first kappa shape index (κ1) is 24.8. The summed E-state index contributed by atoms with van der Waals surface area (Å²) in [7, 11) is 1.45. The Morgan fingerprint density at radius 2 is 1.64 bits per heavy atom. The van der Waals surface area contributed by atoms with Crippen LogP contribution in [0.1, 0.15) is 43.3 Å². The molecule has 0 aromatic heterocycles. The van der Waals surface area contributed by atoms with Gasteiger partial charge in [0.1, 0.15) is 5.75 Å². The summed E-state index contributed by atoms with van der Waals surface area (Å²) in [4.78, 5) is 37.8. The molecule has 36 heavy (non-hydrogen) atoms. The van der Waals surface area contributed by atoms with Crippen molar-refractivity contribution < 1.29 is 42.1 Å². The van der Waals surface area contributed by atoms with Crippen LogP contribution >= 0.6 is 0 Å². The zero-order chi connectivity index (χ0) is 26.0. The highest BCUT2D eigenvalue weighted by molar-refractivity contribution is 6.04. The molecule has 0 radical (unpaired) electrons. The fraction of sp³-hybridized carbons (Fsp3) is 0.192. The molecule has 2 atom stereocenters. The van der Waals surface area contributed by atoms with E-state index in [9.17, 15) is 32.7 Å². The van der Waals surface area contributed by atoms with Gasteiger partial charge in [0, 0.05) is 11.6 Å². The van der Waals surface area contributed by atoms with Gasteiger partial charge in [-0.05, 0) is 53.9 Å². The number of hydrogen-bond donors (Lipinski definition) is 2. The first-order valence-electron chi connectivity index (χ1n) is 10.8. The molecule has 4 rings (SSSR count). The van der Waals surface area contributed by atoms with Gasteiger partial charge in [0.15, 0.2) is 6.10 Å². The molecule has 1 aliphatic heterocycles. The Labute approximate surface area is 203 Å². The van der Waals surface area contributed by atoms with E-state index in [0.29, 0.717) is 11.3 Å². The van der Waals surface area contributed by atoms with Crippen molar-refractivity contribution >= 4 is 23.5 Å². The highest BCUT2D eigenvalue weighted by Gasteiger charge is 2.41. The first-order chi connectivity index (χ1) is 17.1. The van der Waals surface area contributed by atoms with E-state index in [1.165, 1.54) is 43.5 Å². The molecule has 0 unspecified atom stereocenters. The fourth-order valence-corrected chi connectivity index (χ4v) is 4.21. The van der Waals surface area contributed by atoms with Crippen LogP contribution in [0.25, 0.3) is 0 Å². The molecule has 1 aliphatic rings. The van der Waals surface area contributed by atoms with Crippen LogP contribution in [0, 0.1) is 0 Å². The number of carboxylic acids is 1. The lowest BCUT2D eigenvalue weighted by molar-refractivity contribution is -0.138. The number of carbonyl (C=O) groups excluding carboxylic acids is 2. The summed E-state index contributed by atoms with van der Waals surface area (Å²) in [6.45, 7) is 0. The van der Waals surface area contributed by atoms with Crippen molar-refractivity contribution in [2.24, 2.45) is 0 Å². The Morgan fingerprint density at radius 3 is 2.25 bits per heavy atom. The molecule has 1 heterocycles. The van der Waals surface area contributed by atoms with Crippen LogP contribution in [0.5, 0.6) is 5.75 Å². The average molecular weight is 499 g/mol. The van der Waals surface area contributed by atoms with Crippen molar-refractivity contribution in [1.82, 2.24) is 0 Å². The van der Waals surface area contributed by atoms with E-state index >= 15 is 0 Å².